The molecule has 3 fully saturated rings. The molecule has 3 saturated heterocycles. The quantitative estimate of drug-likeness (QED) is 0.275. The molecule has 13 atom stereocenters. The molecule has 3 N–H and O–H groups in total. The van der Waals surface area contributed by atoms with Crippen LogP contribution >= 0.6 is 0 Å². The number of aliphatic hydroxyl groups excluding tert-OH is 1. The van der Waals surface area contributed by atoms with E-state index in [-0.39, 0.29) is 29.9 Å². The summed E-state index contributed by atoms with van der Waals surface area (Å²) in [6.07, 6.45) is -2.04. The van der Waals surface area contributed by atoms with Gasteiger partial charge in [0.15, 0.2) is 17.7 Å². The highest BCUT2D eigenvalue weighted by Gasteiger charge is 2.55. The number of amides is 1. The molecular formula is C34H61N3O9. The second kappa shape index (κ2) is 15.6. The molecule has 12 heteroatoms. The first-order valence-corrected chi connectivity index (χ1v) is 17.1. The van der Waals surface area contributed by atoms with E-state index >= 15 is 0 Å². The maximum absolute atomic E-state index is 14.1. The summed E-state index contributed by atoms with van der Waals surface area (Å²) in [5.74, 6) is -2.63. The minimum atomic E-state index is -1.15. The lowest BCUT2D eigenvalue weighted by molar-refractivity contribution is -0.299. The van der Waals surface area contributed by atoms with E-state index in [0.717, 1.165) is 6.42 Å². The van der Waals surface area contributed by atoms with Gasteiger partial charge in [-0.05, 0) is 85.9 Å². The molecule has 46 heavy (non-hydrogen) atoms. The van der Waals surface area contributed by atoms with Gasteiger partial charge in [0.1, 0.15) is 18.1 Å². The Hall–Kier alpha value is -1.83. The molecule has 0 saturated carbocycles. The van der Waals surface area contributed by atoms with Gasteiger partial charge in [0.2, 0.25) is 0 Å². The van der Waals surface area contributed by atoms with Crippen molar-refractivity contribution in [3.8, 4) is 0 Å². The Balaban J connectivity index is 2.03. The van der Waals surface area contributed by atoms with Gasteiger partial charge in [0.05, 0.1) is 23.9 Å². The van der Waals surface area contributed by atoms with Crippen LogP contribution < -0.4 is 10.6 Å². The molecule has 0 radical (unpaired) electrons. The number of hydrogen-bond acceptors (Lipinski definition) is 11. The van der Waals surface area contributed by atoms with Gasteiger partial charge in [0.25, 0.3) is 0 Å². The fourth-order valence-corrected chi connectivity index (χ4v) is 7.70. The molecule has 0 aromatic carbocycles. The average molecular weight is 656 g/mol. The van der Waals surface area contributed by atoms with E-state index in [4.69, 9.17) is 23.7 Å². The predicted octanol–water partition coefficient (Wildman–Crippen LogP) is 3.28. The van der Waals surface area contributed by atoms with E-state index in [1.807, 2.05) is 39.8 Å². The molecule has 0 bridgehead atoms. The Morgan fingerprint density at radius 1 is 1.11 bits per heavy atom. The number of ether oxygens (including phenoxy) is 5. The third-order valence-electron chi connectivity index (χ3n) is 10.4. The second-order valence-corrected chi connectivity index (χ2v) is 15.0. The number of rotatable bonds is 7. The van der Waals surface area contributed by atoms with Crippen LogP contribution in [0.1, 0.15) is 88.0 Å². The van der Waals surface area contributed by atoms with E-state index in [0.29, 0.717) is 31.7 Å². The maximum atomic E-state index is 14.1. The third kappa shape index (κ3) is 8.41. The number of carbonyl (C=O) groups excluding carboxylic acids is 3. The number of hydrogen-bond donors (Lipinski definition) is 3. The smallest absolute Gasteiger partial charge is 0.408 e. The molecule has 1 amide bonds. The van der Waals surface area contributed by atoms with E-state index in [2.05, 4.69) is 31.4 Å². The van der Waals surface area contributed by atoms with E-state index in [1.54, 1.807) is 21.0 Å². The van der Waals surface area contributed by atoms with Crippen molar-refractivity contribution in [2.75, 3.05) is 27.7 Å². The summed E-state index contributed by atoms with van der Waals surface area (Å²) in [6.45, 7) is 17.7. The van der Waals surface area contributed by atoms with Crippen LogP contribution in [0.4, 0.5) is 4.79 Å². The van der Waals surface area contributed by atoms with Crippen molar-refractivity contribution < 1.29 is 43.2 Å². The zero-order valence-corrected chi connectivity index (χ0v) is 30.1. The molecule has 12 nitrogen and oxygen atoms in total. The van der Waals surface area contributed by atoms with Crippen LogP contribution in [0.15, 0.2) is 0 Å². The number of likely N-dealkylation sites (N-methyl/N-ethyl adjacent to an activating group) is 1. The molecule has 1 unspecified atom stereocenters. The summed E-state index contributed by atoms with van der Waals surface area (Å²) in [5.41, 5.74) is -2.15. The van der Waals surface area contributed by atoms with Crippen molar-refractivity contribution in [3.05, 3.63) is 0 Å². The van der Waals surface area contributed by atoms with Gasteiger partial charge in [-0.1, -0.05) is 34.6 Å². The van der Waals surface area contributed by atoms with E-state index in [9.17, 15) is 19.5 Å². The van der Waals surface area contributed by atoms with Gasteiger partial charge >= 0.3 is 12.1 Å². The van der Waals surface area contributed by atoms with Crippen LogP contribution in [0.5, 0.6) is 0 Å². The number of Topliss-reactive ketones (excluding diaryl/α,β-unsaturated/α-hetero) is 1. The first-order chi connectivity index (χ1) is 21.4. The van der Waals surface area contributed by atoms with Crippen molar-refractivity contribution in [1.29, 1.82) is 0 Å². The van der Waals surface area contributed by atoms with Crippen LogP contribution in [0, 0.1) is 23.7 Å². The molecule has 3 rings (SSSR count). The maximum Gasteiger partial charge on any atom is 0.408 e. The standard InChI is InChI=1S/C34H61N3O9/c1-13-25-34(9)28(36-32(41)46-34)22(7)35-17-19(4)16-33(8,42-12)29(20(5)26(38)21(6)30(40)44-25)45-31-27(39)24(37(10)11)15-23(43-31)14-18(2)3/h18-25,27-29,31,35,39H,13-17H2,1-12H3,(H,36,41)/t19-,20+,21?,22-,23-,24+,25-,27-,28-,29-,31+,33-,34-/m1/s1. The van der Waals surface area contributed by atoms with Crippen molar-refractivity contribution in [2.45, 2.75) is 148 Å². The molecule has 266 valence electrons. The zero-order valence-electron chi connectivity index (χ0n) is 30.1. The Labute approximate surface area is 275 Å². The van der Waals surface area contributed by atoms with Gasteiger partial charge in [-0.15, -0.1) is 0 Å². The Morgan fingerprint density at radius 3 is 2.33 bits per heavy atom. The summed E-state index contributed by atoms with van der Waals surface area (Å²) in [6, 6.07) is -0.932. The Bertz CT molecular complexity index is 1060. The highest BCUT2D eigenvalue weighted by molar-refractivity contribution is 6.00. The predicted molar refractivity (Wildman–Crippen MR) is 173 cm³/mol. The second-order valence-electron chi connectivity index (χ2n) is 15.0. The highest BCUT2D eigenvalue weighted by atomic mass is 16.7. The lowest BCUT2D eigenvalue weighted by atomic mass is 9.78. The number of esters is 1. The normalized spacial score (nSPS) is 43.4. The summed E-state index contributed by atoms with van der Waals surface area (Å²) >= 11 is 0. The molecule has 0 aromatic heterocycles. The number of carbonyl (C=O) groups is 3. The third-order valence-corrected chi connectivity index (χ3v) is 10.4. The summed E-state index contributed by atoms with van der Waals surface area (Å²) < 4.78 is 31.0. The van der Waals surface area contributed by atoms with Crippen molar-refractivity contribution in [1.82, 2.24) is 15.5 Å². The molecular weight excluding hydrogens is 594 g/mol. The van der Waals surface area contributed by atoms with Crippen LogP contribution in [0.3, 0.4) is 0 Å². The lowest BCUT2D eigenvalue weighted by Gasteiger charge is -2.47. The first kappa shape index (κ1) is 38.6. The highest BCUT2D eigenvalue weighted by Crippen LogP contribution is 2.38. The summed E-state index contributed by atoms with van der Waals surface area (Å²) in [5, 5.41) is 17.9. The average Bonchev–Trinajstić information content (AvgIpc) is 3.30. The molecule has 0 spiro atoms. The van der Waals surface area contributed by atoms with Crippen molar-refractivity contribution in [3.63, 3.8) is 0 Å². The van der Waals surface area contributed by atoms with Crippen LogP contribution in [0.2, 0.25) is 0 Å². The number of fused-ring (bicyclic) bond motifs is 1. The molecule has 0 aromatic rings. The van der Waals surface area contributed by atoms with Crippen LogP contribution in [-0.4, -0.2) is 116 Å². The number of nitrogens with one attached hydrogen (secondary N) is 2. The van der Waals surface area contributed by atoms with Crippen LogP contribution in [-0.2, 0) is 33.3 Å². The number of cyclic esters (lactones) is 1. The molecule has 3 heterocycles. The largest absolute Gasteiger partial charge is 0.458 e. The number of ketones is 1. The van der Waals surface area contributed by atoms with Gasteiger partial charge < -0.3 is 44.3 Å². The van der Waals surface area contributed by atoms with Gasteiger partial charge in [0, 0.05) is 25.1 Å². The minimum absolute atomic E-state index is 0.0351. The molecule has 0 aliphatic carbocycles. The number of alkyl carbamates (subject to hydrolysis) is 1. The van der Waals surface area contributed by atoms with Crippen LogP contribution in [0.25, 0.3) is 0 Å². The summed E-state index contributed by atoms with van der Waals surface area (Å²) in [7, 11) is 5.44. The first-order valence-electron chi connectivity index (χ1n) is 17.1. The molecule has 3 aliphatic heterocycles. The number of methoxy groups -OCH3 is 1. The van der Waals surface area contributed by atoms with Crippen molar-refractivity contribution in [2.24, 2.45) is 23.7 Å². The Morgan fingerprint density at radius 2 is 1.76 bits per heavy atom. The Kier molecular flexibility index (Phi) is 13.1. The van der Waals surface area contributed by atoms with Gasteiger partial charge in [-0.2, -0.15) is 0 Å². The lowest BCUT2D eigenvalue weighted by Crippen LogP contribution is -2.60. The van der Waals surface area contributed by atoms with E-state index in [1.165, 1.54) is 6.92 Å². The van der Waals surface area contributed by atoms with Gasteiger partial charge in [-0.25, -0.2) is 4.79 Å². The SMILES string of the molecule is CC[C@H]1OC(=O)C(C)C(=O)[C@H](C)[C@@H](O[C@@H]2O[C@H](CC(C)C)C[C@H](N(C)C)[C@H]2O)[C@](C)(OC)C[C@@H](C)CN[C@H](C)[C@H]2NC(=O)O[C@@]21C. The fourth-order valence-electron chi connectivity index (χ4n) is 7.70. The number of nitrogens with zero attached hydrogens (tertiary/aromatic N) is 1. The van der Waals surface area contributed by atoms with Crippen molar-refractivity contribution >= 4 is 17.8 Å². The monoisotopic (exact) mass is 655 g/mol. The topological polar surface area (TPSA) is 145 Å². The van der Waals surface area contributed by atoms with Gasteiger partial charge in [-0.3, -0.25) is 9.59 Å². The number of aliphatic hydroxyl groups is 1. The molecule has 3 aliphatic rings. The zero-order chi connectivity index (χ0) is 34.7. The summed E-state index contributed by atoms with van der Waals surface area (Å²) in [4.78, 5) is 42.2. The minimum Gasteiger partial charge on any atom is -0.458 e. The fraction of sp³-hybridized carbons (Fsp3) is 0.912. The van der Waals surface area contributed by atoms with E-state index < -0.39 is 65.7 Å².